The largest absolute Gasteiger partial charge is 0.484 e. The fourth-order valence-electron chi connectivity index (χ4n) is 4.16. The average molecular weight is 443 g/mol. The van der Waals surface area contributed by atoms with Crippen LogP contribution in [0, 0.1) is 20.8 Å². The molecule has 0 fully saturated rings. The third-order valence-electron chi connectivity index (χ3n) is 5.55. The monoisotopic (exact) mass is 442 g/mol. The lowest BCUT2D eigenvalue weighted by atomic mass is 9.93. The zero-order valence-electron chi connectivity index (χ0n) is 17.3. The van der Waals surface area contributed by atoms with Crippen LogP contribution in [0.2, 0.25) is 5.02 Å². The third kappa shape index (κ3) is 3.62. The van der Waals surface area contributed by atoms with Crippen molar-refractivity contribution < 1.29 is 17.3 Å². The molecule has 4 rings (SSSR count). The van der Waals surface area contributed by atoms with Crippen molar-refractivity contribution in [3.63, 3.8) is 0 Å². The van der Waals surface area contributed by atoms with Crippen molar-refractivity contribution in [1.29, 1.82) is 0 Å². The summed E-state index contributed by atoms with van der Waals surface area (Å²) >= 11 is 6.46. The minimum Gasteiger partial charge on any atom is -0.484 e. The maximum absolute atomic E-state index is 12.5. The van der Waals surface area contributed by atoms with Crippen molar-refractivity contribution in [3.05, 3.63) is 81.4 Å². The number of aryl methyl sites for hydroxylation is 3. The van der Waals surface area contributed by atoms with Crippen LogP contribution < -0.4 is 4.74 Å². The highest BCUT2D eigenvalue weighted by Crippen LogP contribution is 2.47. The first-order valence-corrected chi connectivity index (χ1v) is 11.5. The molecule has 0 saturated heterocycles. The Balaban J connectivity index is 1.86. The standard InChI is InChI=1S/C24H23ClO4S/c1-14-8-9-22(30(26,27)28-4)19(10-14)21-12-17-11-18(25)13-20(24(17)29-21)23-15(2)6-5-7-16(23)3/h5-11,13,21H,12H2,1-4H3. The van der Waals surface area contributed by atoms with E-state index in [1.807, 2.05) is 31.2 Å². The van der Waals surface area contributed by atoms with E-state index >= 15 is 0 Å². The summed E-state index contributed by atoms with van der Waals surface area (Å²) in [5.74, 6) is 0.754. The van der Waals surface area contributed by atoms with Crippen LogP contribution in [-0.4, -0.2) is 15.5 Å². The zero-order valence-corrected chi connectivity index (χ0v) is 18.9. The van der Waals surface area contributed by atoms with Crippen LogP contribution >= 0.6 is 11.6 Å². The van der Waals surface area contributed by atoms with Crippen molar-refractivity contribution in [2.75, 3.05) is 7.11 Å². The van der Waals surface area contributed by atoms with Gasteiger partial charge in [0.05, 0.1) is 7.11 Å². The number of hydrogen-bond acceptors (Lipinski definition) is 4. The summed E-state index contributed by atoms with van der Waals surface area (Å²) in [6.07, 6.45) is 0.0881. The molecule has 6 heteroatoms. The van der Waals surface area contributed by atoms with Crippen LogP contribution in [0.25, 0.3) is 11.1 Å². The summed E-state index contributed by atoms with van der Waals surface area (Å²) in [7, 11) is -2.69. The number of halogens is 1. The van der Waals surface area contributed by atoms with E-state index in [0.29, 0.717) is 17.0 Å². The number of rotatable bonds is 4. The van der Waals surface area contributed by atoms with E-state index in [9.17, 15) is 8.42 Å². The lowest BCUT2D eigenvalue weighted by molar-refractivity contribution is 0.235. The fraction of sp³-hybridized carbons (Fsp3) is 0.250. The van der Waals surface area contributed by atoms with Gasteiger partial charge in [0, 0.05) is 28.1 Å². The summed E-state index contributed by atoms with van der Waals surface area (Å²) in [5, 5.41) is 0.629. The average Bonchev–Trinajstić information content (AvgIpc) is 3.11. The van der Waals surface area contributed by atoms with Gasteiger partial charge in [-0.2, -0.15) is 8.42 Å². The molecular weight excluding hydrogens is 420 g/mol. The van der Waals surface area contributed by atoms with Crippen LogP contribution in [0.4, 0.5) is 0 Å². The van der Waals surface area contributed by atoms with Crippen LogP contribution in [0.5, 0.6) is 5.75 Å². The Bertz CT molecular complexity index is 1230. The van der Waals surface area contributed by atoms with Crippen molar-refractivity contribution in [2.45, 2.75) is 38.2 Å². The minimum absolute atomic E-state index is 0.133. The number of ether oxygens (including phenoxy) is 1. The molecular formula is C24H23ClO4S. The van der Waals surface area contributed by atoms with Crippen LogP contribution in [-0.2, 0) is 20.7 Å². The van der Waals surface area contributed by atoms with Crippen molar-refractivity contribution in [2.24, 2.45) is 0 Å². The second-order valence-electron chi connectivity index (χ2n) is 7.68. The van der Waals surface area contributed by atoms with Gasteiger partial charge in [-0.15, -0.1) is 0 Å². The highest BCUT2D eigenvalue weighted by Gasteiger charge is 2.32. The van der Waals surface area contributed by atoms with Gasteiger partial charge >= 0.3 is 0 Å². The molecule has 0 N–H and O–H groups in total. The van der Waals surface area contributed by atoms with Crippen LogP contribution in [0.3, 0.4) is 0 Å². The molecule has 0 saturated carbocycles. The Morgan fingerprint density at radius 3 is 2.40 bits per heavy atom. The van der Waals surface area contributed by atoms with E-state index in [1.54, 1.807) is 12.1 Å². The predicted octanol–water partition coefficient (Wildman–Crippen LogP) is 5.94. The molecule has 3 aromatic rings. The molecule has 1 atom stereocenters. The van der Waals surface area contributed by atoms with Gasteiger partial charge in [-0.05, 0) is 55.7 Å². The number of hydrogen-bond donors (Lipinski definition) is 0. The van der Waals surface area contributed by atoms with Gasteiger partial charge in [0.1, 0.15) is 16.7 Å². The highest BCUT2D eigenvalue weighted by atomic mass is 35.5. The summed E-state index contributed by atoms with van der Waals surface area (Å²) in [4.78, 5) is 0.133. The Hall–Kier alpha value is -2.34. The summed E-state index contributed by atoms with van der Waals surface area (Å²) in [6, 6.07) is 15.2. The van der Waals surface area contributed by atoms with Crippen molar-refractivity contribution in [1.82, 2.24) is 0 Å². The summed E-state index contributed by atoms with van der Waals surface area (Å²) < 4.78 is 36.2. The predicted molar refractivity (Wildman–Crippen MR) is 119 cm³/mol. The Labute approximate surface area is 182 Å². The number of benzene rings is 3. The zero-order chi connectivity index (χ0) is 21.6. The van der Waals surface area contributed by atoms with Gasteiger partial charge in [0.15, 0.2) is 0 Å². The van der Waals surface area contributed by atoms with E-state index in [0.717, 1.165) is 39.1 Å². The molecule has 0 amide bonds. The van der Waals surface area contributed by atoms with E-state index in [4.69, 9.17) is 20.5 Å². The van der Waals surface area contributed by atoms with E-state index in [1.165, 1.54) is 7.11 Å². The number of fused-ring (bicyclic) bond motifs is 1. The van der Waals surface area contributed by atoms with Gasteiger partial charge in [-0.3, -0.25) is 4.18 Å². The summed E-state index contributed by atoms with van der Waals surface area (Å²) in [5.41, 5.74) is 6.79. The molecule has 1 aliphatic heterocycles. The van der Waals surface area contributed by atoms with Gasteiger partial charge in [-0.1, -0.05) is 47.5 Å². The maximum atomic E-state index is 12.5. The van der Waals surface area contributed by atoms with Crippen molar-refractivity contribution in [3.8, 4) is 16.9 Å². The SMILES string of the molecule is COS(=O)(=O)c1ccc(C)cc1C1Cc2cc(Cl)cc(-c3c(C)cccc3C)c2O1. The highest BCUT2D eigenvalue weighted by molar-refractivity contribution is 7.86. The second-order valence-corrected chi connectivity index (χ2v) is 9.80. The first-order valence-electron chi connectivity index (χ1n) is 9.68. The van der Waals surface area contributed by atoms with E-state index < -0.39 is 16.2 Å². The molecule has 3 aromatic carbocycles. The van der Waals surface area contributed by atoms with E-state index in [2.05, 4.69) is 26.0 Å². The first-order chi connectivity index (χ1) is 14.2. The minimum atomic E-state index is -3.86. The molecule has 4 nitrogen and oxygen atoms in total. The maximum Gasteiger partial charge on any atom is 0.297 e. The van der Waals surface area contributed by atoms with E-state index in [-0.39, 0.29) is 4.90 Å². The molecule has 0 radical (unpaired) electrons. The van der Waals surface area contributed by atoms with Gasteiger partial charge in [-0.25, -0.2) is 0 Å². The van der Waals surface area contributed by atoms with Crippen molar-refractivity contribution >= 4 is 21.7 Å². The van der Waals surface area contributed by atoms with Gasteiger partial charge < -0.3 is 4.74 Å². The molecule has 0 aromatic heterocycles. The lowest BCUT2D eigenvalue weighted by Crippen LogP contribution is -2.12. The molecule has 1 unspecified atom stereocenters. The Kier molecular flexibility index (Phi) is 5.39. The molecule has 156 valence electrons. The van der Waals surface area contributed by atoms with Gasteiger partial charge in [0.2, 0.25) is 0 Å². The molecule has 0 bridgehead atoms. The summed E-state index contributed by atoms with van der Waals surface area (Å²) in [6.45, 7) is 6.05. The molecule has 0 spiro atoms. The Morgan fingerprint density at radius 2 is 1.73 bits per heavy atom. The molecule has 30 heavy (non-hydrogen) atoms. The fourth-order valence-corrected chi connectivity index (χ4v) is 5.29. The third-order valence-corrected chi connectivity index (χ3v) is 7.11. The quantitative estimate of drug-likeness (QED) is 0.469. The Morgan fingerprint density at radius 1 is 1.03 bits per heavy atom. The molecule has 1 aliphatic rings. The molecule has 0 aliphatic carbocycles. The topological polar surface area (TPSA) is 52.6 Å². The first kappa shape index (κ1) is 20.9. The smallest absolute Gasteiger partial charge is 0.297 e. The van der Waals surface area contributed by atoms with Crippen LogP contribution in [0.1, 0.15) is 33.9 Å². The van der Waals surface area contributed by atoms with Gasteiger partial charge in [0.25, 0.3) is 10.1 Å². The van der Waals surface area contributed by atoms with Crippen LogP contribution in [0.15, 0.2) is 53.4 Å². The molecule has 1 heterocycles. The second kappa shape index (κ2) is 7.73. The normalized spacial score (nSPS) is 15.7. The lowest BCUT2D eigenvalue weighted by Gasteiger charge is -2.18.